The van der Waals surface area contributed by atoms with E-state index in [0.29, 0.717) is 6.42 Å². The maximum Gasteiger partial charge on any atom is 0.384 e. The zero-order chi connectivity index (χ0) is 18.5. The number of alkyl halides is 11. The molecule has 0 aromatic heterocycles. The Morgan fingerprint density at radius 2 is 0.826 bits per heavy atom. The number of rotatable bonds is 5. The minimum absolute atomic E-state index is 0.193. The van der Waals surface area contributed by atoms with Crippen molar-refractivity contribution in [1.29, 1.82) is 0 Å². The molecule has 138 valence electrons. The van der Waals surface area contributed by atoms with Crippen LogP contribution in [-0.4, -0.2) is 35.3 Å². The molecule has 23 heavy (non-hydrogen) atoms. The van der Waals surface area contributed by atoms with E-state index in [0.717, 1.165) is 0 Å². The molecule has 0 saturated heterocycles. The molecule has 0 amide bonds. The third-order valence-corrected chi connectivity index (χ3v) is 3.95. The summed E-state index contributed by atoms with van der Waals surface area (Å²) in [4.78, 5) is 0. The van der Waals surface area contributed by atoms with Crippen molar-refractivity contribution in [2.75, 3.05) is 0 Å². The lowest BCUT2D eigenvalue weighted by atomic mass is 9.70. The SMILES string of the molecule is CCCCCCC1(F)C(F)(F)C(F)(F)C(F)(F)C(F)(F)C1(F)F. The number of hydrogen-bond donors (Lipinski definition) is 0. The summed E-state index contributed by atoms with van der Waals surface area (Å²) in [5.41, 5.74) is -5.80. The van der Waals surface area contributed by atoms with E-state index in [9.17, 15) is 48.3 Å². The average Bonchev–Trinajstić information content (AvgIpc) is 2.41. The first kappa shape index (κ1) is 20.3. The predicted octanol–water partition coefficient (Wildman–Crippen LogP) is 5.86. The van der Waals surface area contributed by atoms with Gasteiger partial charge in [0.05, 0.1) is 0 Å². The summed E-state index contributed by atoms with van der Waals surface area (Å²) >= 11 is 0. The lowest BCUT2D eigenvalue weighted by Gasteiger charge is -2.52. The van der Waals surface area contributed by atoms with Crippen molar-refractivity contribution in [2.24, 2.45) is 0 Å². The van der Waals surface area contributed by atoms with Crippen LogP contribution in [-0.2, 0) is 0 Å². The smallest absolute Gasteiger partial charge is 0.230 e. The van der Waals surface area contributed by atoms with Gasteiger partial charge in [-0.25, -0.2) is 4.39 Å². The minimum atomic E-state index is -7.12. The molecule has 0 radical (unpaired) electrons. The van der Waals surface area contributed by atoms with Gasteiger partial charge in [0.1, 0.15) is 0 Å². The quantitative estimate of drug-likeness (QED) is 0.423. The van der Waals surface area contributed by atoms with Crippen LogP contribution in [0.25, 0.3) is 0 Å². The summed E-state index contributed by atoms with van der Waals surface area (Å²) in [6.07, 6.45) is -2.55. The second-order valence-corrected chi connectivity index (χ2v) is 5.48. The number of halogens is 11. The van der Waals surface area contributed by atoms with Crippen LogP contribution in [0.15, 0.2) is 0 Å². The highest BCUT2D eigenvalue weighted by atomic mass is 19.4. The summed E-state index contributed by atoms with van der Waals surface area (Å²) in [5.74, 6) is -34.4. The molecular weight excluding hydrogens is 353 g/mol. The van der Waals surface area contributed by atoms with E-state index in [4.69, 9.17) is 0 Å². The van der Waals surface area contributed by atoms with Crippen molar-refractivity contribution in [1.82, 2.24) is 0 Å². The summed E-state index contributed by atoms with van der Waals surface area (Å²) in [7, 11) is 0. The van der Waals surface area contributed by atoms with Crippen LogP contribution < -0.4 is 0 Å². The van der Waals surface area contributed by atoms with Gasteiger partial charge < -0.3 is 0 Å². The molecule has 0 aromatic carbocycles. The Morgan fingerprint density at radius 3 is 1.17 bits per heavy atom. The maximum absolute atomic E-state index is 14.1. The fourth-order valence-corrected chi connectivity index (χ4v) is 2.40. The van der Waals surface area contributed by atoms with Crippen LogP contribution in [0.3, 0.4) is 0 Å². The molecule has 1 aliphatic carbocycles. The molecule has 1 saturated carbocycles. The normalized spacial score (nSPS) is 29.2. The summed E-state index contributed by atoms with van der Waals surface area (Å²) in [6, 6.07) is 0. The molecule has 0 unspecified atom stereocenters. The minimum Gasteiger partial charge on any atom is -0.230 e. The molecule has 0 N–H and O–H groups in total. The first-order valence-electron chi connectivity index (χ1n) is 6.64. The van der Waals surface area contributed by atoms with Gasteiger partial charge >= 0.3 is 29.6 Å². The Hall–Kier alpha value is -0.770. The zero-order valence-corrected chi connectivity index (χ0v) is 11.7. The Kier molecular flexibility index (Phi) is 4.73. The van der Waals surface area contributed by atoms with Crippen LogP contribution in [0.5, 0.6) is 0 Å². The monoisotopic (exact) mass is 366 g/mol. The molecule has 1 fully saturated rings. The van der Waals surface area contributed by atoms with E-state index in [1.807, 2.05) is 0 Å². The molecule has 0 bridgehead atoms. The molecule has 0 heterocycles. The van der Waals surface area contributed by atoms with Gasteiger partial charge in [-0.3, -0.25) is 0 Å². The predicted molar refractivity (Wildman–Crippen MR) is 57.3 cm³/mol. The number of unbranched alkanes of at least 4 members (excludes halogenated alkanes) is 3. The fraction of sp³-hybridized carbons (Fsp3) is 1.00. The van der Waals surface area contributed by atoms with E-state index in [1.165, 1.54) is 0 Å². The van der Waals surface area contributed by atoms with Crippen LogP contribution in [0.4, 0.5) is 48.3 Å². The molecule has 1 rings (SSSR count). The molecule has 0 nitrogen and oxygen atoms in total. The van der Waals surface area contributed by atoms with Gasteiger partial charge in [0.15, 0.2) is 0 Å². The lowest BCUT2D eigenvalue weighted by molar-refractivity contribution is -0.485. The summed E-state index contributed by atoms with van der Waals surface area (Å²) < 4.78 is 146. The highest BCUT2D eigenvalue weighted by Gasteiger charge is 3.00. The Bertz CT molecular complexity index is 410. The van der Waals surface area contributed by atoms with E-state index < -0.39 is 48.1 Å². The van der Waals surface area contributed by atoms with Crippen LogP contribution in [0, 0.1) is 0 Å². The highest BCUT2D eigenvalue weighted by molar-refractivity contribution is 5.26. The summed E-state index contributed by atoms with van der Waals surface area (Å²) in [6.45, 7) is 1.58. The van der Waals surface area contributed by atoms with Crippen molar-refractivity contribution in [3.63, 3.8) is 0 Å². The molecule has 0 aliphatic heterocycles. The topological polar surface area (TPSA) is 0 Å². The summed E-state index contributed by atoms with van der Waals surface area (Å²) in [5, 5.41) is 0. The lowest BCUT2D eigenvalue weighted by Crippen LogP contribution is -2.83. The first-order valence-corrected chi connectivity index (χ1v) is 6.64. The Balaban J connectivity index is 3.43. The highest BCUT2D eigenvalue weighted by Crippen LogP contribution is 2.70. The Morgan fingerprint density at radius 1 is 0.478 bits per heavy atom. The molecule has 0 atom stereocenters. The molecular formula is C12H13F11. The second-order valence-electron chi connectivity index (χ2n) is 5.48. The van der Waals surface area contributed by atoms with E-state index >= 15 is 0 Å². The standard InChI is InChI=1S/C12H13F11/c1-2-3-4-5-6-7(13)8(14,15)10(18,19)12(22,23)11(20,21)9(7,16)17/h2-6H2,1H3. The van der Waals surface area contributed by atoms with Crippen molar-refractivity contribution in [3.8, 4) is 0 Å². The van der Waals surface area contributed by atoms with Crippen LogP contribution >= 0.6 is 0 Å². The van der Waals surface area contributed by atoms with E-state index in [2.05, 4.69) is 0 Å². The van der Waals surface area contributed by atoms with Crippen molar-refractivity contribution < 1.29 is 48.3 Å². The molecule has 1 aliphatic rings. The Labute approximate surface area is 124 Å². The molecule has 11 heteroatoms. The number of hydrogen-bond acceptors (Lipinski definition) is 0. The van der Waals surface area contributed by atoms with Gasteiger partial charge in [-0.15, -0.1) is 0 Å². The van der Waals surface area contributed by atoms with E-state index in [-0.39, 0.29) is 12.8 Å². The fourth-order valence-electron chi connectivity index (χ4n) is 2.40. The van der Waals surface area contributed by atoms with Gasteiger partial charge in [0.25, 0.3) is 0 Å². The largest absolute Gasteiger partial charge is 0.384 e. The zero-order valence-electron chi connectivity index (χ0n) is 11.7. The maximum atomic E-state index is 14.1. The van der Waals surface area contributed by atoms with Crippen molar-refractivity contribution in [2.45, 2.75) is 74.3 Å². The third-order valence-electron chi connectivity index (χ3n) is 3.95. The van der Waals surface area contributed by atoms with Gasteiger partial charge in [0.2, 0.25) is 5.67 Å². The first-order chi connectivity index (χ1) is 10.1. The molecule has 0 spiro atoms. The van der Waals surface area contributed by atoms with Crippen molar-refractivity contribution >= 4 is 0 Å². The third kappa shape index (κ3) is 2.16. The van der Waals surface area contributed by atoms with Crippen LogP contribution in [0.1, 0.15) is 39.0 Å². The van der Waals surface area contributed by atoms with Gasteiger partial charge in [-0.2, -0.15) is 43.9 Å². The van der Waals surface area contributed by atoms with Gasteiger partial charge in [0, 0.05) is 0 Å². The average molecular weight is 366 g/mol. The van der Waals surface area contributed by atoms with E-state index in [1.54, 1.807) is 6.92 Å². The van der Waals surface area contributed by atoms with Crippen molar-refractivity contribution in [3.05, 3.63) is 0 Å². The van der Waals surface area contributed by atoms with Gasteiger partial charge in [-0.1, -0.05) is 26.2 Å². The molecule has 0 aromatic rings. The van der Waals surface area contributed by atoms with Gasteiger partial charge in [-0.05, 0) is 12.8 Å². The van der Waals surface area contributed by atoms with Crippen LogP contribution in [0.2, 0.25) is 0 Å². The second kappa shape index (κ2) is 5.37.